The third-order valence-corrected chi connectivity index (χ3v) is 4.13. The van der Waals surface area contributed by atoms with Crippen molar-refractivity contribution in [2.75, 3.05) is 11.1 Å². The molecular weight excluding hydrogens is 309 g/mol. The van der Waals surface area contributed by atoms with Crippen molar-refractivity contribution in [3.8, 4) is 0 Å². The molecule has 0 fully saturated rings. The third kappa shape index (κ3) is 5.06. The maximum Gasteiger partial charge on any atom is 0.225 e. The van der Waals surface area contributed by atoms with Crippen molar-refractivity contribution >= 4 is 35.0 Å². The molecule has 0 heterocycles. The van der Waals surface area contributed by atoms with Gasteiger partial charge in [0.25, 0.3) is 0 Å². The van der Waals surface area contributed by atoms with Crippen LogP contribution in [0.25, 0.3) is 0 Å². The zero-order chi connectivity index (χ0) is 15.2. The smallest absolute Gasteiger partial charge is 0.225 e. The molecule has 110 valence electrons. The van der Waals surface area contributed by atoms with Gasteiger partial charge in [-0.3, -0.25) is 4.79 Å². The van der Waals surface area contributed by atoms with E-state index in [4.69, 9.17) is 11.6 Å². The van der Waals surface area contributed by atoms with Crippen molar-refractivity contribution < 1.29 is 9.18 Å². The minimum absolute atomic E-state index is 0.00169. The molecule has 5 heteroatoms. The Morgan fingerprint density at radius 1 is 1.24 bits per heavy atom. The maximum atomic E-state index is 13.0. The lowest BCUT2D eigenvalue weighted by molar-refractivity contribution is -0.115. The van der Waals surface area contributed by atoms with Gasteiger partial charge in [-0.25, -0.2) is 4.39 Å². The Hall–Kier alpha value is -1.52. The van der Waals surface area contributed by atoms with Crippen LogP contribution >= 0.6 is 23.4 Å². The molecule has 0 aliphatic rings. The van der Waals surface area contributed by atoms with Crippen molar-refractivity contribution in [3.05, 3.63) is 58.9 Å². The molecule has 1 amide bonds. The quantitative estimate of drug-likeness (QED) is 0.792. The van der Waals surface area contributed by atoms with Crippen LogP contribution in [-0.4, -0.2) is 11.7 Å². The molecule has 1 N–H and O–H groups in total. The van der Waals surface area contributed by atoms with E-state index in [0.717, 1.165) is 4.90 Å². The molecule has 2 rings (SSSR count). The van der Waals surface area contributed by atoms with Crippen molar-refractivity contribution in [2.24, 2.45) is 0 Å². The molecule has 2 aromatic carbocycles. The van der Waals surface area contributed by atoms with Gasteiger partial charge in [-0.1, -0.05) is 29.3 Å². The molecule has 0 bridgehead atoms. The Morgan fingerprint density at radius 3 is 2.62 bits per heavy atom. The predicted molar refractivity (Wildman–Crippen MR) is 86.6 cm³/mol. The Kier molecular flexibility index (Phi) is 5.65. The Labute approximate surface area is 132 Å². The summed E-state index contributed by atoms with van der Waals surface area (Å²) in [6.45, 7) is 2.04. The Morgan fingerprint density at radius 2 is 1.95 bits per heavy atom. The summed E-state index contributed by atoms with van der Waals surface area (Å²) in [7, 11) is 0. The van der Waals surface area contributed by atoms with Crippen LogP contribution in [0.3, 0.4) is 0 Å². The fourth-order valence-electron chi connectivity index (χ4n) is 1.69. The van der Waals surface area contributed by atoms with Gasteiger partial charge < -0.3 is 5.32 Å². The number of hydrogen-bond acceptors (Lipinski definition) is 2. The van der Waals surface area contributed by atoms with Crippen molar-refractivity contribution in [1.29, 1.82) is 0 Å². The average Bonchev–Trinajstić information content (AvgIpc) is 2.45. The number of amides is 1. The summed E-state index contributed by atoms with van der Waals surface area (Å²) in [5.74, 6) is 0.0750. The second-order valence-electron chi connectivity index (χ2n) is 4.59. The molecule has 2 aromatic rings. The van der Waals surface area contributed by atoms with Gasteiger partial charge in [-0.15, -0.1) is 11.8 Å². The molecule has 0 saturated carbocycles. The molecule has 21 heavy (non-hydrogen) atoms. The predicted octanol–water partition coefficient (Wildman–Crippen LogP) is 4.91. The van der Waals surface area contributed by atoms with Crippen LogP contribution in [0.1, 0.15) is 12.0 Å². The second kappa shape index (κ2) is 7.48. The minimum Gasteiger partial charge on any atom is -0.326 e. The molecule has 0 aliphatic heterocycles. The van der Waals surface area contributed by atoms with E-state index < -0.39 is 5.82 Å². The van der Waals surface area contributed by atoms with Gasteiger partial charge in [0.05, 0.1) is 5.02 Å². The van der Waals surface area contributed by atoms with Crippen molar-refractivity contribution in [2.45, 2.75) is 18.2 Å². The van der Waals surface area contributed by atoms with Gasteiger partial charge in [0.15, 0.2) is 0 Å². The van der Waals surface area contributed by atoms with E-state index in [1.165, 1.54) is 23.8 Å². The summed E-state index contributed by atoms with van der Waals surface area (Å²) >= 11 is 7.29. The first-order valence-corrected chi connectivity index (χ1v) is 7.85. The first-order valence-electron chi connectivity index (χ1n) is 6.49. The highest BCUT2D eigenvalue weighted by molar-refractivity contribution is 7.99. The summed E-state index contributed by atoms with van der Waals surface area (Å²) in [6, 6.07) is 12.3. The molecule has 0 saturated heterocycles. The van der Waals surface area contributed by atoms with Crippen molar-refractivity contribution in [3.63, 3.8) is 0 Å². The minimum atomic E-state index is -0.496. The van der Waals surface area contributed by atoms with E-state index in [9.17, 15) is 9.18 Å². The first kappa shape index (κ1) is 15.9. The number of carbonyl (C=O) groups excluding carboxylic acids is 1. The number of aryl methyl sites for hydroxylation is 1. The number of thioether (sulfide) groups is 1. The fourth-order valence-corrected chi connectivity index (χ4v) is 2.73. The normalized spacial score (nSPS) is 10.4. The van der Waals surface area contributed by atoms with Gasteiger partial charge in [0, 0.05) is 22.8 Å². The lowest BCUT2D eigenvalue weighted by Crippen LogP contribution is -2.12. The topological polar surface area (TPSA) is 29.1 Å². The number of nitrogens with one attached hydrogen (secondary N) is 1. The van der Waals surface area contributed by atoms with Crippen LogP contribution in [0.4, 0.5) is 10.1 Å². The lowest BCUT2D eigenvalue weighted by atomic mass is 10.2. The molecular formula is C16H15ClFNOS. The Balaban J connectivity index is 1.79. The van der Waals surface area contributed by atoms with Crippen LogP contribution in [0.5, 0.6) is 0 Å². The second-order valence-corrected chi connectivity index (χ2v) is 6.16. The number of halogens is 2. The van der Waals surface area contributed by atoms with E-state index in [0.29, 0.717) is 17.9 Å². The SMILES string of the molecule is Cc1ccc(SCCC(=O)Nc2ccc(F)c(Cl)c2)cc1. The van der Waals surface area contributed by atoms with E-state index in [1.54, 1.807) is 11.8 Å². The van der Waals surface area contributed by atoms with Crippen LogP contribution < -0.4 is 5.32 Å². The van der Waals surface area contributed by atoms with Crippen LogP contribution in [-0.2, 0) is 4.79 Å². The summed E-state index contributed by atoms with van der Waals surface area (Å²) < 4.78 is 13.0. The monoisotopic (exact) mass is 323 g/mol. The van der Waals surface area contributed by atoms with Gasteiger partial charge >= 0.3 is 0 Å². The van der Waals surface area contributed by atoms with Crippen LogP contribution in [0.15, 0.2) is 47.4 Å². The number of rotatable bonds is 5. The van der Waals surface area contributed by atoms with Crippen LogP contribution in [0.2, 0.25) is 5.02 Å². The fraction of sp³-hybridized carbons (Fsp3) is 0.188. The maximum absolute atomic E-state index is 13.0. The van der Waals surface area contributed by atoms with Gasteiger partial charge in [-0.2, -0.15) is 0 Å². The van der Waals surface area contributed by atoms with Crippen molar-refractivity contribution in [1.82, 2.24) is 0 Å². The third-order valence-electron chi connectivity index (χ3n) is 2.82. The molecule has 2 nitrogen and oxygen atoms in total. The highest BCUT2D eigenvalue weighted by atomic mass is 35.5. The van der Waals surface area contributed by atoms with E-state index in [2.05, 4.69) is 5.32 Å². The summed E-state index contributed by atoms with van der Waals surface area (Å²) in [6.07, 6.45) is 0.382. The number of carbonyl (C=O) groups is 1. The average molecular weight is 324 g/mol. The molecule has 0 unspecified atom stereocenters. The summed E-state index contributed by atoms with van der Waals surface area (Å²) in [4.78, 5) is 12.9. The molecule has 0 aliphatic carbocycles. The standard InChI is InChI=1S/C16H15ClFNOS/c1-11-2-5-13(6-3-11)21-9-8-16(20)19-12-4-7-15(18)14(17)10-12/h2-7,10H,8-9H2,1H3,(H,19,20). The summed E-state index contributed by atoms with van der Waals surface area (Å²) in [5.41, 5.74) is 1.72. The van der Waals surface area contributed by atoms with Gasteiger partial charge in [0.2, 0.25) is 5.91 Å². The summed E-state index contributed by atoms with van der Waals surface area (Å²) in [5, 5.41) is 2.70. The highest BCUT2D eigenvalue weighted by Crippen LogP contribution is 2.21. The number of benzene rings is 2. The molecule has 0 atom stereocenters. The van der Waals surface area contributed by atoms with Crippen LogP contribution in [0, 0.1) is 12.7 Å². The lowest BCUT2D eigenvalue weighted by Gasteiger charge is -2.06. The van der Waals surface area contributed by atoms with E-state index in [1.807, 2.05) is 31.2 Å². The number of hydrogen-bond donors (Lipinski definition) is 1. The number of anilines is 1. The molecule has 0 aromatic heterocycles. The highest BCUT2D eigenvalue weighted by Gasteiger charge is 2.05. The molecule has 0 radical (unpaired) electrons. The van der Waals surface area contributed by atoms with E-state index >= 15 is 0 Å². The van der Waals surface area contributed by atoms with E-state index in [-0.39, 0.29) is 10.9 Å². The largest absolute Gasteiger partial charge is 0.326 e. The Bertz CT molecular complexity index is 631. The first-order chi connectivity index (χ1) is 10.0. The zero-order valence-electron chi connectivity index (χ0n) is 11.5. The zero-order valence-corrected chi connectivity index (χ0v) is 13.1. The van der Waals surface area contributed by atoms with Gasteiger partial charge in [-0.05, 0) is 37.3 Å². The van der Waals surface area contributed by atoms with Gasteiger partial charge in [0.1, 0.15) is 5.82 Å². The molecule has 0 spiro atoms.